The smallest absolute Gasteiger partial charge is 0.255 e. The summed E-state index contributed by atoms with van der Waals surface area (Å²) in [6.45, 7) is 3.24. The SMILES string of the molecule is Cc1nn(C)c2ncc(C(=O)N3CCCCC3CN)cc12.Cl.Cl. The van der Waals surface area contributed by atoms with Crippen molar-refractivity contribution in [1.29, 1.82) is 0 Å². The predicted octanol–water partition coefficient (Wildman–Crippen LogP) is 2.07. The van der Waals surface area contributed by atoms with Crippen molar-refractivity contribution in [3.63, 3.8) is 0 Å². The third-order valence-corrected chi connectivity index (χ3v) is 4.27. The van der Waals surface area contributed by atoms with Gasteiger partial charge in [0.1, 0.15) is 0 Å². The molecule has 1 fully saturated rings. The molecular weight excluding hydrogens is 337 g/mol. The molecule has 0 spiro atoms. The molecule has 3 heterocycles. The molecule has 2 aromatic heterocycles. The summed E-state index contributed by atoms with van der Waals surface area (Å²) in [5.74, 6) is 0.0304. The van der Waals surface area contributed by atoms with E-state index < -0.39 is 0 Å². The highest BCUT2D eigenvalue weighted by Crippen LogP contribution is 2.21. The van der Waals surface area contributed by atoms with Crippen molar-refractivity contribution in [3.05, 3.63) is 23.5 Å². The number of nitrogens with zero attached hydrogens (tertiary/aromatic N) is 4. The van der Waals surface area contributed by atoms with E-state index in [1.54, 1.807) is 10.9 Å². The highest BCUT2D eigenvalue weighted by atomic mass is 35.5. The first-order chi connectivity index (χ1) is 10.1. The third kappa shape index (κ3) is 3.59. The number of piperidine rings is 1. The Bertz CT molecular complexity index is 688. The second-order valence-electron chi connectivity index (χ2n) is 5.69. The van der Waals surface area contributed by atoms with Gasteiger partial charge in [-0.15, -0.1) is 24.8 Å². The van der Waals surface area contributed by atoms with E-state index in [-0.39, 0.29) is 36.8 Å². The van der Waals surface area contributed by atoms with Gasteiger partial charge in [0.25, 0.3) is 5.91 Å². The lowest BCUT2D eigenvalue weighted by molar-refractivity contribution is 0.0623. The van der Waals surface area contributed by atoms with Crippen LogP contribution in [0.2, 0.25) is 0 Å². The maximum Gasteiger partial charge on any atom is 0.255 e. The van der Waals surface area contributed by atoms with Crippen molar-refractivity contribution in [2.24, 2.45) is 12.8 Å². The average molecular weight is 360 g/mol. The lowest BCUT2D eigenvalue weighted by atomic mass is 10.0. The first kappa shape index (κ1) is 19.7. The van der Waals surface area contributed by atoms with E-state index in [1.807, 2.05) is 24.9 Å². The van der Waals surface area contributed by atoms with Gasteiger partial charge in [0.2, 0.25) is 0 Å². The zero-order valence-corrected chi connectivity index (χ0v) is 15.0. The molecule has 0 aromatic carbocycles. The summed E-state index contributed by atoms with van der Waals surface area (Å²) in [6, 6.07) is 2.05. The first-order valence-electron chi connectivity index (χ1n) is 7.42. The van der Waals surface area contributed by atoms with E-state index in [2.05, 4.69) is 10.1 Å². The molecule has 128 valence electrons. The summed E-state index contributed by atoms with van der Waals surface area (Å²) in [7, 11) is 1.86. The van der Waals surface area contributed by atoms with Gasteiger partial charge >= 0.3 is 0 Å². The molecule has 1 unspecified atom stereocenters. The van der Waals surface area contributed by atoms with Crippen molar-refractivity contribution in [2.75, 3.05) is 13.1 Å². The molecule has 23 heavy (non-hydrogen) atoms. The number of pyridine rings is 1. The number of hydrogen-bond acceptors (Lipinski definition) is 4. The van der Waals surface area contributed by atoms with E-state index in [9.17, 15) is 4.79 Å². The van der Waals surface area contributed by atoms with Gasteiger partial charge in [-0.2, -0.15) is 5.10 Å². The lowest BCUT2D eigenvalue weighted by Crippen LogP contribution is -2.47. The summed E-state index contributed by atoms with van der Waals surface area (Å²) >= 11 is 0. The molecule has 2 N–H and O–H groups in total. The second kappa shape index (κ2) is 7.95. The number of aromatic nitrogens is 3. The molecule has 8 heteroatoms. The fraction of sp³-hybridized carbons (Fsp3) is 0.533. The van der Waals surface area contributed by atoms with Crippen LogP contribution in [0.5, 0.6) is 0 Å². The van der Waals surface area contributed by atoms with E-state index in [0.717, 1.165) is 42.5 Å². The second-order valence-corrected chi connectivity index (χ2v) is 5.69. The zero-order chi connectivity index (χ0) is 15.0. The Morgan fingerprint density at radius 2 is 2.13 bits per heavy atom. The Morgan fingerprint density at radius 3 is 2.83 bits per heavy atom. The van der Waals surface area contributed by atoms with Crippen LogP contribution in [0.25, 0.3) is 11.0 Å². The van der Waals surface area contributed by atoms with Gasteiger partial charge in [0.05, 0.1) is 11.3 Å². The minimum Gasteiger partial charge on any atom is -0.334 e. The number of fused-ring (bicyclic) bond motifs is 1. The number of halogens is 2. The number of aryl methyl sites for hydroxylation is 2. The van der Waals surface area contributed by atoms with Crippen molar-refractivity contribution < 1.29 is 4.79 Å². The minimum atomic E-state index is 0. The van der Waals surface area contributed by atoms with Crippen molar-refractivity contribution in [3.8, 4) is 0 Å². The number of likely N-dealkylation sites (tertiary alicyclic amines) is 1. The number of rotatable bonds is 2. The molecule has 0 radical (unpaired) electrons. The van der Waals surface area contributed by atoms with Crippen molar-refractivity contribution in [1.82, 2.24) is 19.7 Å². The van der Waals surface area contributed by atoms with Crippen LogP contribution in [0.1, 0.15) is 35.3 Å². The summed E-state index contributed by atoms with van der Waals surface area (Å²) in [5.41, 5.74) is 8.12. The molecule has 1 aliphatic rings. The Kier molecular flexibility index (Phi) is 6.80. The van der Waals surface area contributed by atoms with Crippen LogP contribution in [0.15, 0.2) is 12.3 Å². The van der Waals surface area contributed by atoms with Gasteiger partial charge in [0, 0.05) is 37.8 Å². The monoisotopic (exact) mass is 359 g/mol. The average Bonchev–Trinajstić information content (AvgIpc) is 2.81. The topological polar surface area (TPSA) is 77.0 Å². The molecular formula is C15H23Cl2N5O. The lowest BCUT2D eigenvalue weighted by Gasteiger charge is -2.35. The standard InChI is InChI=1S/C15H21N5O.2ClH/c1-10-13-7-11(9-17-14(13)19(2)18-10)15(21)20-6-4-3-5-12(20)8-16;;/h7,9,12H,3-6,8,16H2,1-2H3;2*1H. The fourth-order valence-electron chi connectivity index (χ4n) is 3.10. The summed E-state index contributed by atoms with van der Waals surface area (Å²) in [4.78, 5) is 19.0. The van der Waals surface area contributed by atoms with Crippen molar-refractivity contribution >= 4 is 41.8 Å². The molecule has 3 rings (SSSR count). The van der Waals surface area contributed by atoms with Gasteiger partial charge in [-0.1, -0.05) is 0 Å². The number of carbonyl (C=O) groups excluding carboxylic acids is 1. The molecule has 0 bridgehead atoms. The van der Waals surface area contributed by atoms with E-state index in [1.165, 1.54) is 0 Å². The van der Waals surface area contributed by atoms with Gasteiger partial charge < -0.3 is 10.6 Å². The zero-order valence-electron chi connectivity index (χ0n) is 13.4. The number of nitrogens with two attached hydrogens (primary N) is 1. The van der Waals surface area contributed by atoms with Crippen LogP contribution >= 0.6 is 24.8 Å². The van der Waals surface area contributed by atoms with Crippen LogP contribution in [0.4, 0.5) is 0 Å². The molecule has 0 aliphatic carbocycles. The first-order valence-corrected chi connectivity index (χ1v) is 7.42. The maximum atomic E-state index is 12.7. The Labute approximate surface area is 148 Å². The highest BCUT2D eigenvalue weighted by molar-refractivity contribution is 5.97. The van der Waals surface area contributed by atoms with Crippen LogP contribution in [-0.2, 0) is 7.05 Å². The summed E-state index contributed by atoms with van der Waals surface area (Å²) < 4.78 is 1.74. The van der Waals surface area contributed by atoms with E-state index >= 15 is 0 Å². The summed E-state index contributed by atoms with van der Waals surface area (Å²) in [5, 5.41) is 5.28. The van der Waals surface area contributed by atoms with Gasteiger partial charge in [0.15, 0.2) is 5.65 Å². The van der Waals surface area contributed by atoms with Crippen LogP contribution in [-0.4, -0.2) is 44.7 Å². The van der Waals surface area contributed by atoms with Gasteiger partial charge in [-0.25, -0.2) is 4.98 Å². The Balaban J connectivity index is 0.00000132. The maximum absolute atomic E-state index is 12.7. The van der Waals surface area contributed by atoms with Gasteiger partial charge in [-0.3, -0.25) is 9.48 Å². The minimum absolute atomic E-state index is 0. The van der Waals surface area contributed by atoms with E-state index in [0.29, 0.717) is 12.1 Å². The molecule has 0 saturated carbocycles. The van der Waals surface area contributed by atoms with Crippen LogP contribution in [0, 0.1) is 6.92 Å². The number of hydrogen-bond donors (Lipinski definition) is 1. The highest BCUT2D eigenvalue weighted by Gasteiger charge is 2.27. The molecule has 6 nitrogen and oxygen atoms in total. The van der Waals surface area contributed by atoms with Crippen molar-refractivity contribution in [2.45, 2.75) is 32.2 Å². The van der Waals surface area contributed by atoms with Crippen LogP contribution < -0.4 is 5.73 Å². The Hall–Kier alpha value is -1.37. The number of carbonyl (C=O) groups is 1. The molecule has 1 atom stereocenters. The third-order valence-electron chi connectivity index (χ3n) is 4.27. The quantitative estimate of drug-likeness (QED) is 0.890. The Morgan fingerprint density at radius 1 is 1.39 bits per heavy atom. The molecule has 1 aliphatic heterocycles. The van der Waals surface area contributed by atoms with Gasteiger partial charge in [-0.05, 0) is 32.3 Å². The summed E-state index contributed by atoms with van der Waals surface area (Å²) in [6.07, 6.45) is 4.83. The van der Waals surface area contributed by atoms with Crippen LogP contribution in [0.3, 0.4) is 0 Å². The molecule has 1 amide bonds. The number of amides is 1. The largest absolute Gasteiger partial charge is 0.334 e. The molecule has 1 saturated heterocycles. The normalized spacial score (nSPS) is 17.5. The predicted molar refractivity (Wildman–Crippen MR) is 95.5 cm³/mol. The molecule has 2 aromatic rings. The fourth-order valence-corrected chi connectivity index (χ4v) is 3.10. The van der Waals surface area contributed by atoms with E-state index in [4.69, 9.17) is 5.73 Å².